The molecule has 1 aromatic rings. The van der Waals surface area contributed by atoms with Crippen molar-refractivity contribution in [1.82, 2.24) is 5.32 Å². The van der Waals surface area contributed by atoms with Gasteiger partial charge in [-0.25, -0.2) is 0 Å². The van der Waals surface area contributed by atoms with Gasteiger partial charge in [-0.1, -0.05) is 6.07 Å². The highest BCUT2D eigenvalue weighted by atomic mass is 16.2. The number of imide groups is 1. The van der Waals surface area contributed by atoms with E-state index in [1.165, 1.54) is 0 Å². The molecule has 6 heteroatoms. The number of hydrogen-bond acceptors (Lipinski definition) is 5. The molecule has 0 saturated carbocycles. The number of anilines is 1. The second kappa shape index (κ2) is 4.85. The number of nitrogens with one attached hydrogen (secondary N) is 1. The maximum absolute atomic E-state index is 11.3. The molecule has 0 radical (unpaired) electrons. The molecule has 1 aliphatic rings. The minimum Gasteiger partial charge on any atom is -0.352 e. The molecule has 2 rings (SSSR count). The Labute approximate surface area is 104 Å². The van der Waals surface area contributed by atoms with Gasteiger partial charge in [-0.15, -0.1) is 0 Å². The summed E-state index contributed by atoms with van der Waals surface area (Å²) in [5.74, 6) is -0.726. The summed E-state index contributed by atoms with van der Waals surface area (Å²) < 4.78 is 0. The maximum atomic E-state index is 11.3. The third kappa shape index (κ3) is 2.31. The monoisotopic (exact) mass is 244 g/mol. The first kappa shape index (κ1) is 12.1. The first-order valence-corrected chi connectivity index (χ1v) is 5.44. The quantitative estimate of drug-likeness (QED) is 0.682. The molecule has 1 aliphatic heterocycles. The third-order valence-electron chi connectivity index (χ3n) is 2.71. The number of carbonyl (C=O) groups is 2. The van der Waals surface area contributed by atoms with E-state index in [-0.39, 0.29) is 24.9 Å². The molecule has 0 spiro atoms. The molecule has 0 bridgehead atoms. The molecule has 6 nitrogen and oxygen atoms in total. The Balaban J connectivity index is 2.35. The molecule has 2 amide bonds. The molecule has 0 atom stereocenters. The van der Waals surface area contributed by atoms with Crippen molar-refractivity contribution in [1.29, 1.82) is 5.26 Å². The van der Waals surface area contributed by atoms with E-state index in [0.29, 0.717) is 17.8 Å². The third-order valence-corrected chi connectivity index (χ3v) is 2.71. The van der Waals surface area contributed by atoms with E-state index in [4.69, 9.17) is 11.0 Å². The highest BCUT2D eigenvalue weighted by Gasteiger charge is 2.24. The van der Waals surface area contributed by atoms with Crippen LogP contribution in [0.4, 0.5) is 5.69 Å². The number of nitrogens with two attached hydrogens (primary N) is 1. The van der Waals surface area contributed by atoms with Crippen molar-refractivity contribution < 1.29 is 9.59 Å². The average molecular weight is 244 g/mol. The molecule has 18 heavy (non-hydrogen) atoms. The topological polar surface area (TPSA) is 99.2 Å². The Bertz CT molecular complexity index is 531. The summed E-state index contributed by atoms with van der Waals surface area (Å²) in [5, 5.41) is 11.3. The van der Waals surface area contributed by atoms with Gasteiger partial charge in [-0.3, -0.25) is 14.9 Å². The van der Waals surface area contributed by atoms with Crippen LogP contribution in [-0.4, -0.2) is 24.9 Å². The van der Waals surface area contributed by atoms with Gasteiger partial charge in [0.1, 0.15) is 6.07 Å². The highest BCUT2D eigenvalue weighted by Crippen LogP contribution is 2.22. The van der Waals surface area contributed by atoms with Gasteiger partial charge in [0.25, 0.3) is 0 Å². The van der Waals surface area contributed by atoms with Gasteiger partial charge in [0, 0.05) is 6.54 Å². The van der Waals surface area contributed by atoms with Crippen LogP contribution in [0.5, 0.6) is 0 Å². The van der Waals surface area contributed by atoms with Crippen LogP contribution in [-0.2, 0) is 16.1 Å². The zero-order valence-corrected chi connectivity index (χ0v) is 9.64. The van der Waals surface area contributed by atoms with Crippen LogP contribution in [0.25, 0.3) is 0 Å². The number of carbonyl (C=O) groups excluding carboxylic acids is 2. The molecule has 1 aromatic carbocycles. The molecule has 1 saturated heterocycles. The first-order chi connectivity index (χ1) is 8.63. The number of hydrogen-bond donors (Lipinski definition) is 2. The Morgan fingerprint density at radius 2 is 2.00 bits per heavy atom. The van der Waals surface area contributed by atoms with Crippen LogP contribution in [0.1, 0.15) is 11.1 Å². The second-order valence-corrected chi connectivity index (χ2v) is 3.99. The largest absolute Gasteiger partial charge is 0.352 e. The molecule has 0 unspecified atom stereocenters. The summed E-state index contributed by atoms with van der Waals surface area (Å²) in [6.45, 7) is 0.485. The number of benzene rings is 1. The summed E-state index contributed by atoms with van der Waals surface area (Å²) in [7, 11) is 0. The van der Waals surface area contributed by atoms with E-state index < -0.39 is 0 Å². The van der Waals surface area contributed by atoms with E-state index in [9.17, 15) is 9.59 Å². The van der Waals surface area contributed by atoms with Crippen LogP contribution in [0, 0.1) is 11.3 Å². The Kier molecular flexibility index (Phi) is 3.26. The normalized spacial score (nSPS) is 15.2. The molecule has 1 heterocycles. The fourth-order valence-electron chi connectivity index (χ4n) is 1.88. The molecule has 1 fully saturated rings. The predicted octanol–water partition coefficient (Wildman–Crippen LogP) is -0.520. The lowest BCUT2D eigenvalue weighted by Crippen LogP contribution is -2.51. The van der Waals surface area contributed by atoms with Crippen molar-refractivity contribution in [2.75, 3.05) is 18.0 Å². The van der Waals surface area contributed by atoms with Crippen LogP contribution in [0.3, 0.4) is 0 Å². The fraction of sp³-hybridized carbons (Fsp3) is 0.250. The van der Waals surface area contributed by atoms with Crippen LogP contribution in [0.2, 0.25) is 0 Å². The van der Waals surface area contributed by atoms with Gasteiger partial charge in [0.15, 0.2) is 0 Å². The number of rotatable bonds is 2. The number of nitrogens with zero attached hydrogens (tertiary/aromatic N) is 2. The second-order valence-electron chi connectivity index (χ2n) is 3.99. The van der Waals surface area contributed by atoms with Crippen molar-refractivity contribution in [3.63, 3.8) is 0 Å². The Morgan fingerprint density at radius 3 is 2.56 bits per heavy atom. The van der Waals surface area contributed by atoms with Crippen molar-refractivity contribution in [2.45, 2.75) is 6.54 Å². The predicted molar refractivity (Wildman–Crippen MR) is 64.4 cm³/mol. The minimum atomic E-state index is -0.363. The zero-order chi connectivity index (χ0) is 13.1. The van der Waals surface area contributed by atoms with Gasteiger partial charge in [-0.05, 0) is 17.7 Å². The summed E-state index contributed by atoms with van der Waals surface area (Å²) in [5.41, 5.74) is 7.34. The van der Waals surface area contributed by atoms with Crippen LogP contribution in [0.15, 0.2) is 18.2 Å². The SMILES string of the molecule is N#Cc1cc(CN)ccc1N1CC(=O)NC(=O)C1. The van der Waals surface area contributed by atoms with Crippen LogP contribution >= 0.6 is 0 Å². The first-order valence-electron chi connectivity index (χ1n) is 5.44. The van der Waals surface area contributed by atoms with Gasteiger partial charge >= 0.3 is 0 Å². The lowest BCUT2D eigenvalue weighted by Gasteiger charge is -2.28. The molecular weight excluding hydrogens is 232 g/mol. The van der Waals surface area contributed by atoms with E-state index in [1.54, 1.807) is 23.1 Å². The van der Waals surface area contributed by atoms with Gasteiger partial charge < -0.3 is 10.6 Å². The van der Waals surface area contributed by atoms with E-state index in [1.807, 2.05) is 0 Å². The maximum Gasteiger partial charge on any atom is 0.246 e. The van der Waals surface area contributed by atoms with Crippen LogP contribution < -0.4 is 16.0 Å². The lowest BCUT2D eigenvalue weighted by atomic mass is 10.1. The lowest BCUT2D eigenvalue weighted by molar-refractivity contribution is -0.130. The zero-order valence-electron chi connectivity index (χ0n) is 9.64. The van der Waals surface area contributed by atoms with E-state index in [2.05, 4.69) is 11.4 Å². The summed E-state index contributed by atoms with van der Waals surface area (Å²) in [4.78, 5) is 24.2. The van der Waals surface area contributed by atoms with Crippen molar-refractivity contribution in [3.05, 3.63) is 29.3 Å². The molecule has 92 valence electrons. The number of nitriles is 1. The Morgan fingerprint density at radius 1 is 1.33 bits per heavy atom. The van der Waals surface area contributed by atoms with E-state index in [0.717, 1.165) is 5.56 Å². The molecular formula is C12H12N4O2. The molecule has 0 aromatic heterocycles. The average Bonchev–Trinajstić information content (AvgIpc) is 2.36. The molecule has 0 aliphatic carbocycles. The summed E-state index contributed by atoms with van der Waals surface area (Å²) >= 11 is 0. The smallest absolute Gasteiger partial charge is 0.246 e. The molecule has 3 N–H and O–H groups in total. The van der Waals surface area contributed by atoms with Crippen molar-refractivity contribution in [3.8, 4) is 6.07 Å². The summed E-state index contributed by atoms with van der Waals surface area (Å²) in [6.07, 6.45) is 0. The van der Waals surface area contributed by atoms with Crippen molar-refractivity contribution >= 4 is 17.5 Å². The van der Waals surface area contributed by atoms with Gasteiger partial charge in [0.2, 0.25) is 11.8 Å². The number of piperazine rings is 1. The van der Waals surface area contributed by atoms with Crippen molar-refractivity contribution in [2.24, 2.45) is 5.73 Å². The summed E-state index contributed by atoms with van der Waals surface area (Å²) in [6, 6.07) is 7.23. The van der Waals surface area contributed by atoms with Gasteiger partial charge in [0.05, 0.1) is 24.3 Å². The van der Waals surface area contributed by atoms with E-state index >= 15 is 0 Å². The highest BCUT2D eigenvalue weighted by molar-refractivity contribution is 6.02. The van der Waals surface area contributed by atoms with Gasteiger partial charge in [-0.2, -0.15) is 5.26 Å². The standard InChI is InChI=1S/C12H12N4O2/c13-4-8-1-2-10(9(3-8)5-14)16-6-11(17)15-12(18)7-16/h1-3H,4,6-7,13H2,(H,15,17,18). The Hall–Kier alpha value is -2.39. The minimum absolute atomic E-state index is 0.0718. The number of amides is 2. The fourth-order valence-corrected chi connectivity index (χ4v) is 1.88.